The molecule has 0 radical (unpaired) electrons. The van der Waals surface area contributed by atoms with Crippen LogP contribution in [-0.2, 0) is 24.0 Å². The summed E-state index contributed by atoms with van der Waals surface area (Å²) in [5.41, 5.74) is 11.3. The molecule has 54 heavy (non-hydrogen) atoms. The van der Waals surface area contributed by atoms with Gasteiger partial charge in [-0.3, -0.25) is 0 Å². The number of fused-ring (bicyclic) bond motifs is 8. The summed E-state index contributed by atoms with van der Waals surface area (Å²) in [4.78, 5) is 30.2. The van der Waals surface area contributed by atoms with E-state index in [1.54, 1.807) is 12.1 Å². The van der Waals surface area contributed by atoms with Crippen LogP contribution in [0.25, 0.3) is 56.9 Å². The molecule has 0 saturated heterocycles. The number of aliphatic hydroxyl groups excluding tert-OH is 2. The van der Waals surface area contributed by atoms with Gasteiger partial charge in [0.05, 0.1) is 24.1 Å². The molecule has 2 aliphatic heterocycles. The van der Waals surface area contributed by atoms with Crippen LogP contribution in [0, 0.1) is 0 Å². The third kappa shape index (κ3) is 8.48. The van der Waals surface area contributed by atoms with Crippen molar-refractivity contribution >= 4 is 51.7 Å². The van der Waals surface area contributed by atoms with Crippen molar-refractivity contribution < 1.29 is 19.7 Å². The molecule has 284 valence electrons. The Hall–Kier alpha value is -5.11. The number of hydrogen-bond acceptors (Lipinski definition) is 6. The molecule has 8 heteroatoms. The molecule has 0 spiro atoms. The van der Waals surface area contributed by atoms with E-state index < -0.39 is 0 Å². The van der Waals surface area contributed by atoms with E-state index in [-0.39, 0.29) is 17.5 Å². The molecule has 8 nitrogen and oxygen atoms in total. The van der Waals surface area contributed by atoms with Crippen LogP contribution in [0.15, 0.2) is 48.5 Å². The van der Waals surface area contributed by atoms with E-state index in [0.717, 1.165) is 145 Å². The number of aryl methyl sites for hydroxylation is 3. The van der Waals surface area contributed by atoms with Gasteiger partial charge in [0.1, 0.15) is 11.4 Å². The zero-order chi connectivity index (χ0) is 38.0. The van der Waals surface area contributed by atoms with Crippen LogP contribution in [0.4, 0.5) is 0 Å². The predicted molar refractivity (Wildman–Crippen MR) is 222 cm³/mol. The number of esters is 1. The van der Waals surface area contributed by atoms with Crippen LogP contribution in [0.2, 0.25) is 0 Å². The van der Waals surface area contributed by atoms with Crippen molar-refractivity contribution in [3.8, 4) is 11.1 Å². The van der Waals surface area contributed by atoms with E-state index in [0.29, 0.717) is 23.4 Å². The van der Waals surface area contributed by atoms with E-state index in [4.69, 9.17) is 14.7 Å². The lowest BCUT2D eigenvalue weighted by atomic mass is 10.0. The first-order valence-corrected chi connectivity index (χ1v) is 20.1. The highest BCUT2D eigenvalue weighted by molar-refractivity contribution is 5.95. The van der Waals surface area contributed by atoms with Gasteiger partial charge in [-0.15, -0.1) is 0 Å². The van der Waals surface area contributed by atoms with Gasteiger partial charge in [-0.1, -0.05) is 90.7 Å². The second kappa shape index (κ2) is 18.3. The molecule has 3 aromatic heterocycles. The normalized spacial score (nSPS) is 12.5. The number of ether oxygens (including phenoxy) is 1. The smallest absolute Gasteiger partial charge is 0.337 e. The monoisotopic (exact) mass is 728 g/mol. The van der Waals surface area contributed by atoms with Gasteiger partial charge in [-0.05, 0) is 92.6 Å². The molecule has 5 heterocycles. The molecule has 4 N–H and O–H groups in total. The second-order valence-electron chi connectivity index (χ2n) is 14.6. The highest BCUT2D eigenvalue weighted by atomic mass is 16.5. The standard InChI is InChI=1S/C46H56N4O4/c1-5-8-11-14-17-32-35-24-25-37(47-35)33(18-15-12-9-6-2)42-44(51)45(52)43(50-42)34(19-16-13-10-7-3)38-27-29-40(49-38)41(39-28-26-36(32)48-39)30-20-22-31(23-21-30)46(53)54-4/h20-29,47,49,51-52H,5-19H2,1-4H3. The maximum absolute atomic E-state index is 12.3. The van der Waals surface area contributed by atoms with Crippen molar-refractivity contribution in [2.24, 2.45) is 0 Å². The zero-order valence-corrected chi connectivity index (χ0v) is 32.5. The zero-order valence-electron chi connectivity index (χ0n) is 32.5. The first kappa shape index (κ1) is 38.6. The molecular formula is C46H56N4O4. The average Bonchev–Trinajstić information content (AvgIpc) is 4.02. The van der Waals surface area contributed by atoms with Crippen molar-refractivity contribution in [2.75, 3.05) is 7.11 Å². The lowest BCUT2D eigenvalue weighted by Gasteiger charge is -2.07. The summed E-state index contributed by atoms with van der Waals surface area (Å²) in [5.74, 6) is -0.736. The van der Waals surface area contributed by atoms with Crippen molar-refractivity contribution in [2.45, 2.75) is 117 Å². The second-order valence-corrected chi connectivity index (χ2v) is 14.6. The molecule has 0 aliphatic carbocycles. The molecule has 0 amide bonds. The number of aromatic amines is 2. The summed E-state index contributed by atoms with van der Waals surface area (Å²) < 4.78 is 4.98. The molecule has 0 fully saturated rings. The highest BCUT2D eigenvalue weighted by Crippen LogP contribution is 2.36. The minimum atomic E-state index is -0.388. The van der Waals surface area contributed by atoms with Crippen LogP contribution in [0.1, 0.15) is 148 Å². The van der Waals surface area contributed by atoms with Crippen LogP contribution < -0.4 is 0 Å². The number of methoxy groups -OCH3 is 1. The van der Waals surface area contributed by atoms with Gasteiger partial charge in [0.2, 0.25) is 0 Å². The predicted octanol–water partition coefficient (Wildman–Crippen LogP) is 12.2. The summed E-state index contributed by atoms with van der Waals surface area (Å²) in [7, 11) is 1.39. The molecule has 2 aliphatic rings. The number of aromatic nitrogens is 4. The average molecular weight is 729 g/mol. The summed E-state index contributed by atoms with van der Waals surface area (Å²) >= 11 is 0. The van der Waals surface area contributed by atoms with Gasteiger partial charge in [0.25, 0.3) is 0 Å². The Labute approximate surface area is 319 Å². The molecule has 8 bridgehead atoms. The van der Waals surface area contributed by atoms with Gasteiger partial charge in [-0.2, -0.15) is 0 Å². The van der Waals surface area contributed by atoms with Crippen molar-refractivity contribution in [3.63, 3.8) is 0 Å². The van der Waals surface area contributed by atoms with Crippen LogP contribution >= 0.6 is 0 Å². The maximum Gasteiger partial charge on any atom is 0.337 e. The molecule has 4 aromatic rings. The van der Waals surface area contributed by atoms with Crippen molar-refractivity contribution in [1.29, 1.82) is 0 Å². The number of carbonyl (C=O) groups excluding carboxylic acids is 1. The number of hydrogen-bond donors (Lipinski definition) is 4. The molecule has 0 saturated carbocycles. The molecule has 1 aromatic carbocycles. The van der Waals surface area contributed by atoms with Crippen LogP contribution in [0.5, 0.6) is 0 Å². The van der Waals surface area contributed by atoms with Gasteiger partial charge in [-0.25, -0.2) is 14.8 Å². The summed E-state index contributed by atoms with van der Waals surface area (Å²) in [5, 5.41) is 23.3. The Kier molecular flexibility index (Phi) is 13.1. The fourth-order valence-corrected chi connectivity index (χ4v) is 7.68. The summed E-state index contributed by atoms with van der Waals surface area (Å²) in [6.07, 6.45) is 19.5. The number of rotatable bonds is 17. The minimum Gasteiger partial charge on any atom is -0.503 e. The SMILES string of the molecule is CCCCCCc1c2nc(c(-c3ccc(C(=O)OC)cc3)c3ccc([nH]3)c(CCCCCC)c3nc(c(CCCCCC)c4ccc1[nH]4)C(O)=C3O)C=C2. The van der Waals surface area contributed by atoms with E-state index in [1.807, 2.05) is 18.2 Å². The first-order chi connectivity index (χ1) is 26.4. The first-order valence-electron chi connectivity index (χ1n) is 20.1. The van der Waals surface area contributed by atoms with Gasteiger partial charge in [0.15, 0.2) is 11.5 Å². The summed E-state index contributed by atoms with van der Waals surface area (Å²) in [6.45, 7) is 6.63. The Balaban J connectivity index is 1.69. The number of H-pyrrole nitrogens is 2. The Morgan fingerprint density at radius 3 is 1.56 bits per heavy atom. The summed E-state index contributed by atoms with van der Waals surface area (Å²) in [6, 6.07) is 15.7. The molecule has 0 atom stereocenters. The number of benzene rings is 1. The van der Waals surface area contributed by atoms with Crippen LogP contribution in [0.3, 0.4) is 0 Å². The van der Waals surface area contributed by atoms with E-state index in [2.05, 4.69) is 61.1 Å². The third-order valence-corrected chi connectivity index (χ3v) is 10.7. The van der Waals surface area contributed by atoms with E-state index in [9.17, 15) is 15.0 Å². The van der Waals surface area contributed by atoms with E-state index >= 15 is 0 Å². The number of nitrogens with one attached hydrogen (secondary N) is 2. The van der Waals surface area contributed by atoms with Gasteiger partial charge in [0, 0.05) is 44.3 Å². The van der Waals surface area contributed by atoms with Crippen molar-refractivity contribution in [3.05, 3.63) is 93.6 Å². The number of unbranched alkanes of at least 4 members (excludes halogenated alkanes) is 9. The topological polar surface area (TPSA) is 124 Å². The van der Waals surface area contributed by atoms with Gasteiger partial charge >= 0.3 is 5.97 Å². The largest absolute Gasteiger partial charge is 0.503 e. The lowest BCUT2D eigenvalue weighted by molar-refractivity contribution is 0.0600. The lowest BCUT2D eigenvalue weighted by Crippen LogP contribution is -2.00. The number of aliphatic hydroxyl groups is 2. The molecular weight excluding hydrogens is 673 g/mol. The fourth-order valence-electron chi connectivity index (χ4n) is 7.68. The molecule has 0 unspecified atom stereocenters. The van der Waals surface area contributed by atoms with Gasteiger partial charge < -0.3 is 24.9 Å². The quantitative estimate of drug-likeness (QED) is 0.0558. The highest BCUT2D eigenvalue weighted by Gasteiger charge is 2.26. The minimum absolute atomic E-state index is 0.169. The maximum atomic E-state index is 12.3. The molecule has 6 rings (SSSR count). The Morgan fingerprint density at radius 1 is 0.574 bits per heavy atom. The van der Waals surface area contributed by atoms with Crippen LogP contribution in [-0.4, -0.2) is 43.2 Å². The third-order valence-electron chi connectivity index (χ3n) is 10.7. The Morgan fingerprint density at radius 2 is 1.04 bits per heavy atom. The number of nitrogens with zero attached hydrogens (tertiary/aromatic N) is 2. The Bertz CT molecular complexity index is 2170. The van der Waals surface area contributed by atoms with Crippen molar-refractivity contribution in [1.82, 2.24) is 19.9 Å². The fraction of sp³-hybridized carbons (Fsp3) is 0.413. The van der Waals surface area contributed by atoms with E-state index in [1.165, 1.54) is 13.5 Å². The number of carbonyl (C=O) groups is 1.